The van der Waals surface area contributed by atoms with Gasteiger partial charge in [-0.3, -0.25) is 4.79 Å². The lowest BCUT2D eigenvalue weighted by atomic mass is 10.2. The normalized spacial score (nSPS) is 14.8. The van der Waals surface area contributed by atoms with Crippen LogP contribution in [0.3, 0.4) is 0 Å². The number of carbonyl (C=O) groups excluding carboxylic acids is 1. The Bertz CT molecular complexity index is 923. The van der Waals surface area contributed by atoms with Crippen LogP contribution in [0.1, 0.15) is 6.42 Å². The van der Waals surface area contributed by atoms with Crippen LogP contribution in [0.4, 0.5) is 10.3 Å². The Morgan fingerprint density at radius 3 is 2.81 bits per heavy atom. The van der Waals surface area contributed by atoms with E-state index in [1.165, 1.54) is 12.1 Å². The summed E-state index contributed by atoms with van der Waals surface area (Å²) in [7, 11) is 0. The van der Waals surface area contributed by atoms with E-state index < -0.39 is 0 Å². The predicted molar refractivity (Wildman–Crippen MR) is 94.4 cm³/mol. The fourth-order valence-corrected chi connectivity index (χ4v) is 2.82. The van der Waals surface area contributed by atoms with Crippen molar-refractivity contribution in [2.45, 2.75) is 6.42 Å². The first kappa shape index (κ1) is 16.2. The van der Waals surface area contributed by atoms with E-state index in [2.05, 4.69) is 20.4 Å². The SMILES string of the molecule is O=C1CCN(c2nccc(-c3cnn(-c4ccc(F)cc4)c3)n2)CCN1. The average Bonchev–Trinajstić information content (AvgIpc) is 3.05. The second kappa shape index (κ2) is 6.91. The van der Waals surface area contributed by atoms with E-state index in [4.69, 9.17) is 0 Å². The van der Waals surface area contributed by atoms with Crippen molar-refractivity contribution in [3.8, 4) is 16.9 Å². The Labute approximate surface area is 149 Å². The number of amides is 1. The number of nitrogens with zero attached hydrogens (tertiary/aromatic N) is 5. The maximum absolute atomic E-state index is 13.1. The Morgan fingerprint density at radius 1 is 1.12 bits per heavy atom. The van der Waals surface area contributed by atoms with Crippen LogP contribution in [0, 0.1) is 5.82 Å². The third-order valence-electron chi connectivity index (χ3n) is 4.21. The third kappa shape index (κ3) is 3.39. The van der Waals surface area contributed by atoms with Gasteiger partial charge in [0.15, 0.2) is 0 Å². The van der Waals surface area contributed by atoms with Crippen molar-refractivity contribution in [2.75, 3.05) is 24.5 Å². The molecular formula is C18H17FN6O. The number of rotatable bonds is 3. The molecule has 26 heavy (non-hydrogen) atoms. The third-order valence-corrected chi connectivity index (χ3v) is 4.21. The van der Waals surface area contributed by atoms with Crippen molar-refractivity contribution in [2.24, 2.45) is 0 Å². The van der Waals surface area contributed by atoms with Gasteiger partial charge >= 0.3 is 0 Å². The molecule has 0 bridgehead atoms. The van der Waals surface area contributed by atoms with E-state index in [1.807, 2.05) is 17.2 Å². The Morgan fingerprint density at radius 2 is 1.96 bits per heavy atom. The molecule has 0 saturated carbocycles. The summed E-state index contributed by atoms with van der Waals surface area (Å²) >= 11 is 0. The average molecular weight is 352 g/mol. The summed E-state index contributed by atoms with van der Waals surface area (Å²) in [6.45, 7) is 1.84. The number of aromatic nitrogens is 4. The quantitative estimate of drug-likeness (QED) is 0.778. The van der Waals surface area contributed by atoms with Crippen LogP contribution in [-0.4, -0.2) is 45.3 Å². The summed E-state index contributed by atoms with van der Waals surface area (Å²) < 4.78 is 14.7. The van der Waals surface area contributed by atoms with Gasteiger partial charge in [0.1, 0.15) is 5.82 Å². The summed E-state index contributed by atoms with van der Waals surface area (Å²) in [5.41, 5.74) is 2.35. The largest absolute Gasteiger partial charge is 0.354 e. The highest BCUT2D eigenvalue weighted by molar-refractivity contribution is 5.77. The van der Waals surface area contributed by atoms with Gasteiger partial charge in [-0.15, -0.1) is 0 Å². The van der Waals surface area contributed by atoms with Crippen LogP contribution in [0.2, 0.25) is 0 Å². The zero-order valence-corrected chi connectivity index (χ0v) is 14.0. The topological polar surface area (TPSA) is 75.9 Å². The number of benzene rings is 1. The van der Waals surface area contributed by atoms with Crippen molar-refractivity contribution in [1.82, 2.24) is 25.1 Å². The van der Waals surface area contributed by atoms with Crippen LogP contribution in [0.15, 0.2) is 48.9 Å². The monoisotopic (exact) mass is 352 g/mol. The van der Waals surface area contributed by atoms with E-state index >= 15 is 0 Å². The molecule has 1 amide bonds. The van der Waals surface area contributed by atoms with Crippen LogP contribution >= 0.6 is 0 Å². The van der Waals surface area contributed by atoms with E-state index in [9.17, 15) is 9.18 Å². The molecule has 1 fully saturated rings. The van der Waals surface area contributed by atoms with Crippen molar-refractivity contribution >= 4 is 11.9 Å². The van der Waals surface area contributed by atoms with Crippen molar-refractivity contribution in [1.29, 1.82) is 0 Å². The lowest BCUT2D eigenvalue weighted by Crippen LogP contribution is -2.29. The molecule has 3 aromatic rings. The van der Waals surface area contributed by atoms with Gasteiger partial charge in [-0.1, -0.05) is 0 Å². The molecule has 1 aliphatic heterocycles. The molecule has 1 aliphatic rings. The maximum Gasteiger partial charge on any atom is 0.225 e. The number of nitrogens with one attached hydrogen (secondary N) is 1. The Hall–Kier alpha value is -3.29. The molecule has 1 N–H and O–H groups in total. The van der Waals surface area contributed by atoms with Gasteiger partial charge in [-0.25, -0.2) is 19.0 Å². The maximum atomic E-state index is 13.1. The zero-order valence-electron chi connectivity index (χ0n) is 14.0. The molecule has 4 rings (SSSR count). The molecule has 2 aromatic heterocycles. The first-order chi connectivity index (χ1) is 12.7. The summed E-state index contributed by atoms with van der Waals surface area (Å²) in [4.78, 5) is 22.4. The van der Waals surface area contributed by atoms with Gasteiger partial charge in [0, 0.05) is 44.0 Å². The summed E-state index contributed by atoms with van der Waals surface area (Å²) in [5.74, 6) is 0.352. The van der Waals surface area contributed by atoms with Crippen LogP contribution in [0.25, 0.3) is 16.9 Å². The summed E-state index contributed by atoms with van der Waals surface area (Å²) in [6.07, 6.45) is 5.68. The highest BCUT2D eigenvalue weighted by Crippen LogP contribution is 2.20. The molecule has 7 nitrogen and oxygen atoms in total. The first-order valence-electron chi connectivity index (χ1n) is 8.35. The van der Waals surface area contributed by atoms with Gasteiger partial charge in [0.25, 0.3) is 0 Å². The molecule has 0 unspecified atom stereocenters. The standard InChI is InChI=1S/C18H17FN6O/c19-14-1-3-15(4-2-14)25-12-13(11-22-25)16-5-7-21-18(23-16)24-9-6-17(26)20-8-10-24/h1-5,7,11-12H,6,8-10H2,(H,20,26). The van der Waals surface area contributed by atoms with E-state index in [1.54, 1.807) is 29.2 Å². The minimum Gasteiger partial charge on any atom is -0.354 e. The molecule has 3 heterocycles. The van der Waals surface area contributed by atoms with Crippen molar-refractivity contribution in [3.05, 3.63) is 54.7 Å². The van der Waals surface area contributed by atoms with Crippen LogP contribution in [0.5, 0.6) is 0 Å². The molecule has 132 valence electrons. The second-order valence-electron chi connectivity index (χ2n) is 5.98. The van der Waals surface area contributed by atoms with E-state index in [0.29, 0.717) is 32.0 Å². The number of hydrogen-bond donors (Lipinski definition) is 1. The van der Waals surface area contributed by atoms with Crippen LogP contribution in [-0.2, 0) is 4.79 Å². The zero-order chi connectivity index (χ0) is 17.9. The second-order valence-corrected chi connectivity index (χ2v) is 5.98. The predicted octanol–water partition coefficient (Wildman–Crippen LogP) is 1.79. The number of hydrogen-bond acceptors (Lipinski definition) is 5. The van der Waals surface area contributed by atoms with Crippen molar-refractivity contribution < 1.29 is 9.18 Å². The minimum atomic E-state index is -0.285. The Balaban J connectivity index is 1.59. The number of carbonyl (C=O) groups is 1. The lowest BCUT2D eigenvalue weighted by molar-refractivity contribution is -0.120. The molecule has 1 saturated heterocycles. The molecule has 8 heteroatoms. The molecule has 0 radical (unpaired) electrons. The highest BCUT2D eigenvalue weighted by Gasteiger charge is 2.16. The highest BCUT2D eigenvalue weighted by atomic mass is 19.1. The fourth-order valence-electron chi connectivity index (χ4n) is 2.82. The van der Waals surface area contributed by atoms with Gasteiger partial charge in [-0.05, 0) is 30.3 Å². The van der Waals surface area contributed by atoms with E-state index in [-0.39, 0.29) is 11.7 Å². The van der Waals surface area contributed by atoms with Gasteiger partial charge < -0.3 is 10.2 Å². The van der Waals surface area contributed by atoms with Crippen molar-refractivity contribution in [3.63, 3.8) is 0 Å². The Kier molecular flexibility index (Phi) is 4.30. The molecule has 0 aliphatic carbocycles. The number of halogens is 1. The summed E-state index contributed by atoms with van der Waals surface area (Å²) in [6, 6.07) is 7.94. The first-order valence-corrected chi connectivity index (χ1v) is 8.35. The van der Waals surface area contributed by atoms with Crippen LogP contribution < -0.4 is 10.2 Å². The molecular weight excluding hydrogens is 335 g/mol. The van der Waals surface area contributed by atoms with Gasteiger partial charge in [0.05, 0.1) is 17.6 Å². The summed E-state index contributed by atoms with van der Waals surface area (Å²) in [5, 5.41) is 7.16. The molecule has 1 aromatic carbocycles. The molecule has 0 atom stereocenters. The smallest absolute Gasteiger partial charge is 0.225 e. The van der Waals surface area contributed by atoms with Gasteiger partial charge in [-0.2, -0.15) is 5.10 Å². The minimum absolute atomic E-state index is 0.0456. The fraction of sp³-hybridized carbons (Fsp3) is 0.222. The lowest BCUT2D eigenvalue weighted by Gasteiger charge is -2.19. The van der Waals surface area contributed by atoms with E-state index in [0.717, 1.165) is 16.9 Å². The number of anilines is 1. The molecule has 0 spiro atoms. The van der Waals surface area contributed by atoms with Gasteiger partial charge in [0.2, 0.25) is 11.9 Å².